The first kappa shape index (κ1) is 30.5. The van der Waals surface area contributed by atoms with Gasteiger partial charge in [-0.05, 0) is 0 Å². The second-order valence-corrected chi connectivity index (χ2v) is 20.0. The molecule has 4 aromatic rings. The second-order valence-electron chi connectivity index (χ2n) is 14.6. The maximum atomic E-state index is 5.50. The van der Waals surface area contributed by atoms with Gasteiger partial charge in [-0.15, -0.1) is 0 Å². The molecule has 0 atom stereocenters. The zero-order chi connectivity index (χ0) is 30.9. The van der Waals surface area contributed by atoms with E-state index in [4.69, 9.17) is 5.10 Å². The molecule has 0 radical (unpaired) electrons. The van der Waals surface area contributed by atoms with Gasteiger partial charge in [0.25, 0.3) is 0 Å². The molecule has 3 aromatic carbocycles. The summed E-state index contributed by atoms with van der Waals surface area (Å²) in [6, 6.07) is 32.5. The van der Waals surface area contributed by atoms with Gasteiger partial charge in [-0.1, -0.05) is 0 Å². The molecule has 7 rings (SSSR count). The molecule has 2 aliphatic carbocycles. The van der Waals surface area contributed by atoms with Crippen molar-refractivity contribution in [3.05, 3.63) is 103 Å². The molecule has 2 heterocycles. The van der Waals surface area contributed by atoms with Crippen LogP contribution < -0.4 is 10.4 Å². The average Bonchev–Trinajstić information content (AvgIpc) is 3.72. The topological polar surface area (TPSA) is 33.1 Å². The molecule has 3 aliphatic rings. The van der Waals surface area contributed by atoms with Crippen molar-refractivity contribution in [1.82, 2.24) is 15.2 Å². The van der Waals surface area contributed by atoms with Crippen molar-refractivity contribution in [2.75, 3.05) is 11.6 Å². The Morgan fingerprint density at radius 3 is 1.71 bits per heavy atom. The molecule has 0 saturated heterocycles. The molecule has 236 valence electrons. The van der Waals surface area contributed by atoms with E-state index in [9.17, 15) is 0 Å². The summed E-state index contributed by atoms with van der Waals surface area (Å²) in [7, 11) is -2.14. The van der Waals surface area contributed by atoms with Crippen molar-refractivity contribution < 1.29 is 0 Å². The van der Waals surface area contributed by atoms with E-state index in [1.807, 2.05) is 0 Å². The normalized spacial score (nSPS) is 19.1. The van der Waals surface area contributed by atoms with Crippen molar-refractivity contribution in [2.45, 2.75) is 101 Å². The summed E-state index contributed by atoms with van der Waals surface area (Å²) < 4.78 is 2.20. The Balaban J connectivity index is 1.50. The number of anilines is 1. The summed E-state index contributed by atoms with van der Waals surface area (Å²) in [6.07, 6.45) is 16.6. The number of rotatable bonds is 7. The van der Waals surface area contributed by atoms with Crippen molar-refractivity contribution in [3.63, 3.8) is 0 Å². The van der Waals surface area contributed by atoms with Crippen molar-refractivity contribution in [3.8, 4) is 28.2 Å². The standard InChI is InChI=1S/C40H51N4P/c1-40(2,3)45(34-25-15-7-16-26-34,35-27-17-8-18-28-35)36-29-30-41-44(36)39-37(31-19-9-4-10-20-31)42-43(33-23-13-6-14-24-33)38(39)32-21-11-5-12-22-32/h4-6,9-14,19-24,29,34-35,41,45H,7-8,15-18,25-28,30H2,1-3H3. The predicted octanol–water partition coefficient (Wildman–Crippen LogP) is 10.6. The van der Waals surface area contributed by atoms with E-state index >= 15 is 0 Å². The molecule has 1 aliphatic heterocycles. The van der Waals surface area contributed by atoms with Gasteiger partial charge in [0.1, 0.15) is 0 Å². The van der Waals surface area contributed by atoms with Gasteiger partial charge in [-0.3, -0.25) is 0 Å². The Labute approximate surface area is 271 Å². The summed E-state index contributed by atoms with van der Waals surface area (Å²) in [5.74, 6) is 0. The number of para-hydroxylation sites is 1. The van der Waals surface area contributed by atoms with Crippen LogP contribution in [0.4, 0.5) is 5.69 Å². The van der Waals surface area contributed by atoms with Gasteiger partial charge in [0.05, 0.1) is 0 Å². The molecular weight excluding hydrogens is 567 g/mol. The van der Waals surface area contributed by atoms with E-state index in [1.54, 1.807) is 5.44 Å². The Hall–Kier alpha value is -3.20. The van der Waals surface area contributed by atoms with Crippen LogP contribution in [0.1, 0.15) is 85.0 Å². The molecule has 0 bridgehead atoms. The summed E-state index contributed by atoms with van der Waals surface area (Å²) in [6.45, 7) is 8.72. The van der Waals surface area contributed by atoms with E-state index in [2.05, 4.69) is 133 Å². The number of nitrogens with one attached hydrogen (secondary N) is 1. The maximum absolute atomic E-state index is 5.50. The van der Waals surface area contributed by atoms with E-state index in [-0.39, 0.29) is 5.16 Å². The fourth-order valence-corrected chi connectivity index (χ4v) is 17.8. The van der Waals surface area contributed by atoms with E-state index in [1.165, 1.54) is 75.5 Å². The number of nitrogens with zero attached hydrogens (tertiary/aromatic N) is 3. The zero-order valence-electron chi connectivity index (χ0n) is 27.5. The van der Waals surface area contributed by atoms with Gasteiger partial charge in [-0.25, -0.2) is 0 Å². The van der Waals surface area contributed by atoms with Crippen LogP contribution in [0.3, 0.4) is 0 Å². The molecular formula is C40H51N4P. The molecule has 5 heteroatoms. The second kappa shape index (κ2) is 12.9. The zero-order valence-corrected chi connectivity index (χ0v) is 28.5. The molecule has 4 nitrogen and oxygen atoms in total. The Morgan fingerprint density at radius 2 is 1.18 bits per heavy atom. The van der Waals surface area contributed by atoms with E-state index in [0.29, 0.717) is 0 Å². The third kappa shape index (κ3) is 5.49. The molecule has 0 spiro atoms. The first-order valence-corrected chi connectivity index (χ1v) is 19.7. The fraction of sp³-hybridized carbons (Fsp3) is 0.425. The molecule has 1 N–H and O–H groups in total. The summed E-state index contributed by atoms with van der Waals surface area (Å²) in [4.78, 5) is 0. The summed E-state index contributed by atoms with van der Waals surface area (Å²) in [5.41, 5.74) is 14.1. The molecule has 2 saturated carbocycles. The van der Waals surface area contributed by atoms with Crippen LogP contribution in [-0.2, 0) is 0 Å². The fourth-order valence-electron chi connectivity index (χ4n) is 9.46. The Kier molecular flexibility index (Phi) is 8.73. The van der Waals surface area contributed by atoms with E-state index in [0.717, 1.165) is 40.5 Å². The number of hydrogen-bond acceptors (Lipinski definition) is 3. The van der Waals surface area contributed by atoms with Crippen molar-refractivity contribution >= 4 is 12.9 Å². The number of hydrogen-bond donors (Lipinski definition) is 1. The van der Waals surface area contributed by atoms with Gasteiger partial charge in [-0.2, -0.15) is 0 Å². The first-order valence-electron chi connectivity index (χ1n) is 17.5. The quantitative estimate of drug-likeness (QED) is 0.209. The minimum atomic E-state index is -2.14. The molecule has 1 aromatic heterocycles. The van der Waals surface area contributed by atoms with Crippen LogP contribution in [0.15, 0.2) is 103 Å². The SMILES string of the molecule is CC(C)(C)[PH](C1=CCNN1c1c(-c2ccccc2)nn(-c2ccccc2)c1-c1ccccc1)(C1CCCCC1)C1CCCCC1. The first-order chi connectivity index (χ1) is 22.0. The van der Waals surface area contributed by atoms with Crippen LogP contribution in [0.25, 0.3) is 28.2 Å². The Morgan fingerprint density at radius 1 is 0.667 bits per heavy atom. The number of aromatic nitrogens is 2. The van der Waals surface area contributed by atoms with Crippen molar-refractivity contribution in [1.29, 1.82) is 0 Å². The third-order valence-corrected chi connectivity index (χ3v) is 18.6. The third-order valence-electron chi connectivity index (χ3n) is 11.1. The van der Waals surface area contributed by atoms with Crippen LogP contribution in [0.5, 0.6) is 0 Å². The van der Waals surface area contributed by atoms with Crippen LogP contribution in [-0.4, -0.2) is 32.8 Å². The van der Waals surface area contributed by atoms with Gasteiger partial charge < -0.3 is 0 Å². The molecule has 2 fully saturated rings. The molecule has 0 amide bonds. The number of hydrazine groups is 1. The van der Waals surface area contributed by atoms with Gasteiger partial charge >= 0.3 is 272 Å². The average molecular weight is 619 g/mol. The Bertz CT molecular complexity index is 1570. The van der Waals surface area contributed by atoms with Gasteiger partial charge in [0.2, 0.25) is 0 Å². The van der Waals surface area contributed by atoms with Gasteiger partial charge in [0, 0.05) is 0 Å². The monoisotopic (exact) mass is 618 g/mol. The summed E-state index contributed by atoms with van der Waals surface area (Å²) in [5, 5.41) is 8.33. The number of benzene rings is 3. The van der Waals surface area contributed by atoms with Crippen LogP contribution in [0, 0.1) is 0 Å². The summed E-state index contributed by atoms with van der Waals surface area (Å²) >= 11 is 0. The minimum absolute atomic E-state index is 0.238. The van der Waals surface area contributed by atoms with Gasteiger partial charge in [0.15, 0.2) is 0 Å². The molecule has 0 unspecified atom stereocenters. The van der Waals surface area contributed by atoms with Crippen LogP contribution >= 0.6 is 7.26 Å². The predicted molar refractivity (Wildman–Crippen MR) is 195 cm³/mol. The van der Waals surface area contributed by atoms with E-state index < -0.39 is 7.26 Å². The van der Waals surface area contributed by atoms with Crippen LogP contribution in [0.2, 0.25) is 0 Å². The molecule has 45 heavy (non-hydrogen) atoms. The van der Waals surface area contributed by atoms with Crippen molar-refractivity contribution in [2.24, 2.45) is 0 Å².